The minimum absolute atomic E-state index is 0.142. The highest BCUT2D eigenvalue weighted by Crippen LogP contribution is 2.38. The summed E-state index contributed by atoms with van der Waals surface area (Å²) >= 11 is 12.2. The molecule has 1 aliphatic heterocycles. The van der Waals surface area contributed by atoms with Gasteiger partial charge in [0.05, 0.1) is 22.9 Å². The Hall–Kier alpha value is -3.27. The highest BCUT2D eigenvalue weighted by molar-refractivity contribution is 7.92. The standard InChI is InChI=1S/C27H27Cl2N3O5S/c1-2-3-14-37-26(33)18-32(38(35,36)22-16-19(28)15-20(29)17-22)25-11-7-10-24-23(25)12-13-31(24)27(34)30-21-8-5-4-6-9-21/h4-11,15-17H,2-3,12-14,18H2,1H3,(H,30,34). The Morgan fingerprint density at radius 3 is 2.42 bits per heavy atom. The van der Waals surface area contributed by atoms with Crippen LogP contribution in [0.3, 0.4) is 0 Å². The monoisotopic (exact) mass is 575 g/mol. The highest BCUT2D eigenvalue weighted by Gasteiger charge is 2.34. The molecule has 200 valence electrons. The van der Waals surface area contributed by atoms with E-state index in [1.807, 2.05) is 25.1 Å². The summed E-state index contributed by atoms with van der Waals surface area (Å²) in [6.45, 7) is 1.93. The SMILES string of the molecule is CCCCOC(=O)CN(c1cccc2c1CCN2C(=O)Nc1ccccc1)S(=O)(=O)c1cc(Cl)cc(Cl)c1. The summed E-state index contributed by atoms with van der Waals surface area (Å²) in [5, 5.41) is 3.14. The third-order valence-electron chi connectivity index (χ3n) is 6.00. The number of sulfonamides is 1. The van der Waals surface area contributed by atoms with Crippen molar-refractivity contribution in [2.45, 2.75) is 31.1 Å². The molecular weight excluding hydrogens is 549 g/mol. The van der Waals surface area contributed by atoms with Crippen molar-refractivity contribution in [1.29, 1.82) is 0 Å². The molecule has 0 radical (unpaired) electrons. The molecule has 4 rings (SSSR count). The van der Waals surface area contributed by atoms with Crippen molar-refractivity contribution in [3.05, 3.63) is 82.3 Å². The fourth-order valence-corrected chi connectivity index (χ4v) is 6.34. The number of fused-ring (bicyclic) bond motifs is 1. The molecule has 11 heteroatoms. The molecular formula is C27H27Cl2N3O5S. The predicted molar refractivity (Wildman–Crippen MR) is 150 cm³/mol. The van der Waals surface area contributed by atoms with Crippen LogP contribution in [0.15, 0.2) is 71.6 Å². The van der Waals surface area contributed by atoms with Gasteiger partial charge in [0.15, 0.2) is 0 Å². The molecule has 0 aromatic heterocycles. The Morgan fingerprint density at radius 1 is 1.03 bits per heavy atom. The van der Waals surface area contributed by atoms with Gasteiger partial charge in [-0.25, -0.2) is 13.2 Å². The third-order valence-corrected chi connectivity index (χ3v) is 8.17. The minimum atomic E-state index is -4.29. The first-order valence-corrected chi connectivity index (χ1v) is 14.3. The molecule has 38 heavy (non-hydrogen) atoms. The van der Waals surface area contributed by atoms with Gasteiger partial charge in [-0.15, -0.1) is 0 Å². The maximum absolute atomic E-state index is 13.9. The molecule has 0 aliphatic carbocycles. The van der Waals surface area contributed by atoms with E-state index in [0.717, 1.165) is 10.7 Å². The number of hydrogen-bond donors (Lipinski definition) is 1. The number of nitrogens with zero attached hydrogens (tertiary/aromatic N) is 2. The van der Waals surface area contributed by atoms with Crippen LogP contribution in [0.1, 0.15) is 25.3 Å². The van der Waals surface area contributed by atoms with E-state index in [9.17, 15) is 18.0 Å². The van der Waals surface area contributed by atoms with Gasteiger partial charge < -0.3 is 10.1 Å². The Balaban J connectivity index is 1.71. The number of rotatable bonds is 9. The zero-order valence-electron chi connectivity index (χ0n) is 20.7. The number of urea groups is 1. The van der Waals surface area contributed by atoms with E-state index in [2.05, 4.69) is 5.32 Å². The highest BCUT2D eigenvalue weighted by atomic mass is 35.5. The number of ether oxygens (including phenoxy) is 1. The lowest BCUT2D eigenvalue weighted by Crippen LogP contribution is -2.37. The Kier molecular flexibility index (Phi) is 8.81. The van der Waals surface area contributed by atoms with Crippen LogP contribution < -0.4 is 14.5 Å². The van der Waals surface area contributed by atoms with Crippen LogP contribution in [-0.4, -0.2) is 40.1 Å². The van der Waals surface area contributed by atoms with Crippen molar-refractivity contribution < 1.29 is 22.7 Å². The van der Waals surface area contributed by atoms with Crippen molar-refractivity contribution in [3.8, 4) is 0 Å². The number of esters is 1. The van der Waals surface area contributed by atoms with E-state index < -0.39 is 22.5 Å². The van der Waals surface area contributed by atoms with Gasteiger partial charge in [-0.2, -0.15) is 0 Å². The number of amides is 2. The number of carbonyl (C=O) groups is 2. The number of para-hydroxylation sites is 1. The molecule has 8 nitrogen and oxygen atoms in total. The number of benzene rings is 3. The number of anilines is 3. The van der Waals surface area contributed by atoms with Crippen LogP contribution in [0.2, 0.25) is 10.0 Å². The van der Waals surface area contributed by atoms with Gasteiger partial charge in [-0.05, 0) is 55.3 Å². The molecule has 0 atom stereocenters. The zero-order valence-corrected chi connectivity index (χ0v) is 23.0. The van der Waals surface area contributed by atoms with Crippen molar-refractivity contribution >= 4 is 62.3 Å². The Labute approximate surface area is 232 Å². The fourth-order valence-electron chi connectivity index (χ4n) is 4.17. The van der Waals surface area contributed by atoms with Crippen LogP contribution in [0.25, 0.3) is 0 Å². The minimum Gasteiger partial charge on any atom is -0.464 e. The van der Waals surface area contributed by atoms with Crippen LogP contribution in [-0.2, 0) is 26.0 Å². The quantitative estimate of drug-likeness (QED) is 0.244. The van der Waals surface area contributed by atoms with Gasteiger partial charge in [0.1, 0.15) is 6.54 Å². The van der Waals surface area contributed by atoms with Crippen molar-refractivity contribution in [1.82, 2.24) is 0 Å². The number of unbranched alkanes of at least 4 members (excludes halogenated alkanes) is 1. The summed E-state index contributed by atoms with van der Waals surface area (Å²) in [6.07, 6.45) is 1.87. The second-order valence-electron chi connectivity index (χ2n) is 8.66. The third kappa shape index (κ3) is 6.23. The molecule has 0 bridgehead atoms. The summed E-state index contributed by atoms with van der Waals surface area (Å²) < 4.78 is 34.0. The lowest BCUT2D eigenvalue weighted by atomic mass is 10.1. The lowest BCUT2D eigenvalue weighted by Gasteiger charge is -2.26. The second-order valence-corrected chi connectivity index (χ2v) is 11.4. The number of hydrogen-bond acceptors (Lipinski definition) is 5. The van der Waals surface area contributed by atoms with Crippen LogP contribution in [0.4, 0.5) is 21.9 Å². The fraction of sp³-hybridized carbons (Fsp3) is 0.259. The predicted octanol–water partition coefficient (Wildman–Crippen LogP) is 6.13. The first-order chi connectivity index (χ1) is 18.2. The molecule has 1 heterocycles. The average Bonchev–Trinajstić information content (AvgIpc) is 3.32. The van der Waals surface area contributed by atoms with Crippen LogP contribution in [0, 0.1) is 0 Å². The molecule has 2 amide bonds. The first-order valence-electron chi connectivity index (χ1n) is 12.1. The van der Waals surface area contributed by atoms with Gasteiger partial charge in [-0.1, -0.05) is 60.8 Å². The second kappa shape index (κ2) is 12.1. The zero-order chi connectivity index (χ0) is 27.3. The van der Waals surface area contributed by atoms with E-state index in [1.165, 1.54) is 18.2 Å². The molecule has 0 saturated heterocycles. The Bertz CT molecular complexity index is 1410. The van der Waals surface area contributed by atoms with E-state index in [1.54, 1.807) is 35.2 Å². The van der Waals surface area contributed by atoms with Crippen molar-refractivity contribution in [3.63, 3.8) is 0 Å². The molecule has 0 saturated carbocycles. The van der Waals surface area contributed by atoms with Gasteiger partial charge in [0.25, 0.3) is 10.0 Å². The molecule has 0 unspecified atom stereocenters. The first kappa shape index (κ1) is 27.8. The van der Waals surface area contributed by atoms with E-state index in [-0.39, 0.29) is 33.3 Å². The Morgan fingerprint density at radius 2 is 1.74 bits per heavy atom. The lowest BCUT2D eigenvalue weighted by molar-refractivity contribution is -0.141. The topological polar surface area (TPSA) is 96.0 Å². The summed E-state index contributed by atoms with van der Waals surface area (Å²) in [4.78, 5) is 27.2. The van der Waals surface area contributed by atoms with Crippen LogP contribution >= 0.6 is 23.2 Å². The summed E-state index contributed by atoms with van der Waals surface area (Å²) in [5.74, 6) is -0.690. The largest absolute Gasteiger partial charge is 0.464 e. The van der Waals surface area contributed by atoms with E-state index >= 15 is 0 Å². The summed E-state index contributed by atoms with van der Waals surface area (Å²) in [6, 6.07) is 17.7. The molecule has 3 aromatic carbocycles. The number of halogens is 2. The number of carbonyl (C=O) groups excluding carboxylic acids is 2. The van der Waals surface area contributed by atoms with Crippen molar-refractivity contribution in [2.75, 3.05) is 34.2 Å². The molecule has 0 fully saturated rings. The van der Waals surface area contributed by atoms with Crippen LogP contribution in [0.5, 0.6) is 0 Å². The molecule has 1 aliphatic rings. The summed E-state index contributed by atoms with van der Waals surface area (Å²) in [5.41, 5.74) is 2.09. The van der Waals surface area contributed by atoms with E-state index in [0.29, 0.717) is 36.3 Å². The molecule has 3 aromatic rings. The number of nitrogens with one attached hydrogen (secondary N) is 1. The van der Waals surface area contributed by atoms with Gasteiger partial charge >= 0.3 is 12.0 Å². The smallest absolute Gasteiger partial charge is 0.326 e. The molecule has 0 spiro atoms. The van der Waals surface area contributed by atoms with E-state index in [4.69, 9.17) is 27.9 Å². The van der Waals surface area contributed by atoms with Gasteiger partial charge in [-0.3, -0.25) is 14.0 Å². The average molecular weight is 577 g/mol. The molecule has 1 N–H and O–H groups in total. The van der Waals surface area contributed by atoms with Gasteiger partial charge in [0, 0.05) is 27.8 Å². The van der Waals surface area contributed by atoms with Gasteiger partial charge in [0.2, 0.25) is 0 Å². The summed E-state index contributed by atoms with van der Waals surface area (Å²) in [7, 11) is -4.29. The van der Waals surface area contributed by atoms with Crippen molar-refractivity contribution in [2.24, 2.45) is 0 Å². The maximum Gasteiger partial charge on any atom is 0.326 e. The maximum atomic E-state index is 13.9. The normalized spacial score (nSPS) is 12.7.